The maximum absolute atomic E-state index is 12.9. The molecule has 0 saturated carbocycles. The van der Waals surface area contributed by atoms with Crippen LogP contribution in [0.15, 0.2) is 21.7 Å². The summed E-state index contributed by atoms with van der Waals surface area (Å²) in [4.78, 5) is 22.5. The first kappa shape index (κ1) is 21.7. The first-order valence-corrected chi connectivity index (χ1v) is 11.1. The second-order valence-corrected chi connectivity index (χ2v) is 9.88. The topological polar surface area (TPSA) is 92.1 Å². The minimum absolute atomic E-state index is 0.0676. The number of fused-ring (bicyclic) bond motifs is 1. The standard InChI is InChI=1S/C21H29BrN4O4/c1-12-9-25(20(28)30-21(2,3)4)10-14(12)15-11-26-16(19(27)23-15)17(22)24-18(26)13-5-7-29-8-6-13/h5,11-12,14,20,28H,6-10H2,1-4H3,(H,23,27)/t12-,14-,20?/m1/s1. The van der Waals surface area contributed by atoms with Crippen molar-refractivity contribution in [2.45, 2.75) is 52.0 Å². The van der Waals surface area contributed by atoms with Gasteiger partial charge in [-0.2, -0.15) is 0 Å². The van der Waals surface area contributed by atoms with E-state index in [0.29, 0.717) is 36.4 Å². The minimum atomic E-state index is -0.974. The van der Waals surface area contributed by atoms with Gasteiger partial charge in [-0.1, -0.05) is 13.0 Å². The summed E-state index contributed by atoms with van der Waals surface area (Å²) in [5.74, 6) is 1.08. The van der Waals surface area contributed by atoms with Crippen molar-refractivity contribution in [2.75, 3.05) is 26.3 Å². The van der Waals surface area contributed by atoms with Crippen molar-refractivity contribution in [2.24, 2.45) is 5.92 Å². The molecule has 1 unspecified atom stereocenters. The Balaban J connectivity index is 1.68. The third kappa shape index (κ3) is 4.27. The van der Waals surface area contributed by atoms with Crippen LogP contribution in [0.2, 0.25) is 0 Å². The second-order valence-electron chi connectivity index (χ2n) is 9.13. The third-order valence-electron chi connectivity index (χ3n) is 5.67. The van der Waals surface area contributed by atoms with Gasteiger partial charge < -0.3 is 19.6 Å². The molecule has 2 aromatic rings. The molecule has 0 radical (unpaired) electrons. The Labute approximate surface area is 184 Å². The van der Waals surface area contributed by atoms with Crippen molar-refractivity contribution in [3.05, 3.63) is 38.7 Å². The monoisotopic (exact) mass is 480 g/mol. The summed E-state index contributed by atoms with van der Waals surface area (Å²) < 4.78 is 13.6. The van der Waals surface area contributed by atoms with E-state index >= 15 is 0 Å². The number of aliphatic hydroxyl groups is 1. The largest absolute Gasteiger partial charge is 0.377 e. The smallest absolute Gasteiger partial charge is 0.275 e. The Hall–Kier alpha value is -1.52. The summed E-state index contributed by atoms with van der Waals surface area (Å²) in [5.41, 5.74) is 1.80. The lowest BCUT2D eigenvalue weighted by atomic mass is 9.95. The van der Waals surface area contributed by atoms with Crippen LogP contribution in [0.4, 0.5) is 0 Å². The molecule has 0 amide bonds. The quantitative estimate of drug-likeness (QED) is 0.653. The summed E-state index contributed by atoms with van der Waals surface area (Å²) in [6.07, 6.45) is 3.78. The van der Waals surface area contributed by atoms with Crippen molar-refractivity contribution in [1.29, 1.82) is 0 Å². The number of likely N-dealkylation sites (tertiary alicyclic amines) is 1. The lowest BCUT2D eigenvalue weighted by molar-refractivity contribution is -0.234. The van der Waals surface area contributed by atoms with Crippen LogP contribution >= 0.6 is 15.9 Å². The molecule has 0 aromatic carbocycles. The molecule has 0 aliphatic carbocycles. The van der Waals surface area contributed by atoms with Gasteiger partial charge in [0.2, 0.25) is 6.41 Å². The molecule has 30 heavy (non-hydrogen) atoms. The van der Waals surface area contributed by atoms with E-state index in [4.69, 9.17) is 9.47 Å². The highest BCUT2D eigenvalue weighted by molar-refractivity contribution is 9.10. The molecule has 0 bridgehead atoms. The molecule has 8 nitrogen and oxygen atoms in total. The summed E-state index contributed by atoms with van der Waals surface area (Å²) in [6.45, 7) is 10.4. The van der Waals surface area contributed by atoms with Gasteiger partial charge in [-0.25, -0.2) is 4.98 Å². The number of H-pyrrole nitrogens is 1. The van der Waals surface area contributed by atoms with E-state index in [2.05, 4.69) is 32.8 Å². The molecule has 164 valence electrons. The molecular formula is C21H29BrN4O4. The van der Waals surface area contributed by atoms with Gasteiger partial charge in [-0.05, 0) is 54.6 Å². The normalized spacial score (nSPS) is 24.4. The zero-order valence-electron chi connectivity index (χ0n) is 17.8. The molecule has 1 fully saturated rings. The number of imidazole rings is 1. The van der Waals surface area contributed by atoms with Crippen LogP contribution in [-0.2, 0) is 9.47 Å². The molecule has 1 saturated heterocycles. The van der Waals surface area contributed by atoms with Crippen LogP contribution in [0.25, 0.3) is 11.1 Å². The number of nitrogens with zero attached hydrogens (tertiary/aromatic N) is 3. The maximum Gasteiger partial charge on any atom is 0.275 e. The summed E-state index contributed by atoms with van der Waals surface area (Å²) in [7, 11) is 0. The van der Waals surface area contributed by atoms with Gasteiger partial charge in [-0.3, -0.25) is 14.1 Å². The molecule has 4 rings (SSSR count). The average molecular weight is 481 g/mol. The van der Waals surface area contributed by atoms with E-state index in [1.807, 2.05) is 42.3 Å². The van der Waals surface area contributed by atoms with Gasteiger partial charge in [0.15, 0.2) is 0 Å². The number of ether oxygens (including phenoxy) is 2. The summed E-state index contributed by atoms with van der Waals surface area (Å²) in [6, 6.07) is 0. The Bertz CT molecular complexity index is 1020. The van der Waals surface area contributed by atoms with Crippen LogP contribution in [0.3, 0.4) is 0 Å². The van der Waals surface area contributed by atoms with Gasteiger partial charge in [0.25, 0.3) is 5.56 Å². The van der Waals surface area contributed by atoms with E-state index in [1.165, 1.54) is 0 Å². The van der Waals surface area contributed by atoms with Crippen molar-refractivity contribution >= 4 is 27.0 Å². The predicted molar refractivity (Wildman–Crippen MR) is 117 cm³/mol. The average Bonchev–Trinajstić information content (AvgIpc) is 3.22. The van der Waals surface area contributed by atoms with Crippen LogP contribution in [0, 0.1) is 5.92 Å². The van der Waals surface area contributed by atoms with E-state index in [9.17, 15) is 9.90 Å². The zero-order chi connectivity index (χ0) is 21.6. The minimum Gasteiger partial charge on any atom is -0.377 e. The van der Waals surface area contributed by atoms with Gasteiger partial charge in [-0.15, -0.1) is 0 Å². The number of rotatable bonds is 4. The lowest BCUT2D eigenvalue weighted by Crippen LogP contribution is -2.40. The molecule has 9 heteroatoms. The molecule has 4 heterocycles. The van der Waals surface area contributed by atoms with Gasteiger partial charge in [0.1, 0.15) is 15.9 Å². The highest BCUT2D eigenvalue weighted by Crippen LogP contribution is 2.33. The number of aliphatic hydroxyl groups excluding tert-OH is 1. The number of hydrogen-bond donors (Lipinski definition) is 2. The lowest BCUT2D eigenvalue weighted by Gasteiger charge is -2.29. The van der Waals surface area contributed by atoms with E-state index in [0.717, 1.165) is 23.5 Å². The highest BCUT2D eigenvalue weighted by atomic mass is 79.9. The number of hydrogen-bond acceptors (Lipinski definition) is 6. The van der Waals surface area contributed by atoms with Crippen LogP contribution in [0.5, 0.6) is 0 Å². The SMILES string of the molecule is C[C@@H]1CN(C(O)OC(C)(C)C)C[C@H]1c1cn2c(C3=CCOCC3)nc(Br)c2c(=O)[nH]1. The van der Waals surface area contributed by atoms with Crippen molar-refractivity contribution in [3.63, 3.8) is 0 Å². The Morgan fingerprint density at radius 1 is 1.40 bits per heavy atom. The Kier molecular flexibility index (Phi) is 5.93. The van der Waals surface area contributed by atoms with E-state index in [-0.39, 0.29) is 17.4 Å². The molecule has 0 spiro atoms. The number of halogens is 1. The molecule has 2 aliphatic heterocycles. The zero-order valence-corrected chi connectivity index (χ0v) is 19.4. The predicted octanol–water partition coefficient (Wildman–Crippen LogP) is 2.72. The number of aromatic amines is 1. The number of aromatic nitrogens is 3. The van der Waals surface area contributed by atoms with Gasteiger partial charge in [0.05, 0.1) is 18.8 Å². The van der Waals surface area contributed by atoms with Crippen LogP contribution in [0.1, 0.15) is 51.6 Å². The molecule has 3 atom stereocenters. The Morgan fingerprint density at radius 3 is 2.83 bits per heavy atom. The van der Waals surface area contributed by atoms with Crippen molar-refractivity contribution in [1.82, 2.24) is 19.3 Å². The number of nitrogens with one attached hydrogen (secondary N) is 1. The van der Waals surface area contributed by atoms with E-state index < -0.39 is 12.0 Å². The van der Waals surface area contributed by atoms with Gasteiger partial charge >= 0.3 is 0 Å². The summed E-state index contributed by atoms with van der Waals surface area (Å²) in [5, 5.41) is 10.5. The first-order chi connectivity index (χ1) is 14.1. The van der Waals surface area contributed by atoms with Gasteiger partial charge in [0, 0.05) is 30.9 Å². The molecule has 2 N–H and O–H groups in total. The fourth-order valence-corrected chi connectivity index (χ4v) is 4.76. The summed E-state index contributed by atoms with van der Waals surface area (Å²) >= 11 is 3.44. The Morgan fingerprint density at radius 2 is 2.17 bits per heavy atom. The maximum atomic E-state index is 12.9. The highest BCUT2D eigenvalue weighted by Gasteiger charge is 2.36. The van der Waals surface area contributed by atoms with Crippen molar-refractivity contribution < 1.29 is 14.6 Å². The van der Waals surface area contributed by atoms with Crippen LogP contribution in [-0.4, -0.2) is 62.7 Å². The molecular weight excluding hydrogens is 452 g/mol. The first-order valence-electron chi connectivity index (χ1n) is 10.3. The second kappa shape index (κ2) is 8.20. The third-order valence-corrected chi connectivity index (χ3v) is 6.22. The fraction of sp³-hybridized carbons (Fsp3) is 0.619. The fourth-order valence-electron chi connectivity index (χ4n) is 4.22. The van der Waals surface area contributed by atoms with Crippen LogP contribution < -0.4 is 5.56 Å². The molecule has 2 aromatic heterocycles. The van der Waals surface area contributed by atoms with E-state index in [1.54, 1.807) is 0 Å². The van der Waals surface area contributed by atoms with Crippen molar-refractivity contribution in [3.8, 4) is 0 Å². The molecule has 2 aliphatic rings.